The Hall–Kier alpha value is -3.45. The van der Waals surface area contributed by atoms with Gasteiger partial charge < -0.3 is 9.72 Å². The highest BCUT2D eigenvalue weighted by molar-refractivity contribution is 7.91. The zero-order valence-corrected chi connectivity index (χ0v) is 15.7. The van der Waals surface area contributed by atoms with Crippen LogP contribution in [0.5, 0.6) is 5.75 Å². The van der Waals surface area contributed by atoms with Crippen LogP contribution >= 0.6 is 0 Å². The third kappa shape index (κ3) is 3.05. The van der Waals surface area contributed by atoms with Gasteiger partial charge in [0.2, 0.25) is 15.6 Å². The summed E-state index contributed by atoms with van der Waals surface area (Å²) in [4.78, 5) is 20.2. The summed E-state index contributed by atoms with van der Waals surface area (Å²) in [6.45, 7) is 0. The van der Waals surface area contributed by atoms with Crippen molar-refractivity contribution in [1.82, 2.24) is 9.97 Å². The lowest BCUT2D eigenvalue weighted by Gasteiger charge is -2.05. The number of hydrogen-bond donors (Lipinski definition) is 1. The molecule has 2 aromatic carbocycles. The summed E-state index contributed by atoms with van der Waals surface area (Å²) in [7, 11) is -2.22. The summed E-state index contributed by atoms with van der Waals surface area (Å²) >= 11 is 0. The molecule has 0 bridgehead atoms. The van der Waals surface area contributed by atoms with Crippen molar-refractivity contribution in [3.63, 3.8) is 0 Å². The second-order valence-electron chi connectivity index (χ2n) is 6.13. The maximum Gasteiger partial charge on any atom is 0.209 e. The molecule has 0 spiro atoms. The molecular weight excluding hydrogens is 376 g/mol. The van der Waals surface area contributed by atoms with E-state index in [0.29, 0.717) is 22.3 Å². The number of hydrogen-bond acceptors (Lipinski definition) is 5. The van der Waals surface area contributed by atoms with Crippen LogP contribution in [0.1, 0.15) is 16.1 Å². The number of rotatable bonds is 5. The Balaban J connectivity index is 1.83. The number of fused-ring (bicyclic) bond motifs is 1. The van der Waals surface area contributed by atoms with E-state index in [4.69, 9.17) is 4.74 Å². The monoisotopic (exact) mass is 392 g/mol. The molecule has 0 saturated heterocycles. The predicted molar refractivity (Wildman–Crippen MR) is 104 cm³/mol. The molecule has 140 valence electrons. The number of aromatic amines is 1. The molecule has 0 aliphatic heterocycles. The third-order valence-corrected chi connectivity index (χ3v) is 6.24. The van der Waals surface area contributed by atoms with E-state index in [9.17, 15) is 13.2 Å². The zero-order chi connectivity index (χ0) is 19.7. The highest BCUT2D eigenvalue weighted by Crippen LogP contribution is 2.28. The van der Waals surface area contributed by atoms with E-state index in [-0.39, 0.29) is 21.3 Å². The number of benzene rings is 2. The molecule has 4 aromatic rings. The van der Waals surface area contributed by atoms with Gasteiger partial charge in [-0.25, -0.2) is 13.4 Å². The van der Waals surface area contributed by atoms with Gasteiger partial charge in [0, 0.05) is 17.1 Å². The first-order valence-electron chi connectivity index (χ1n) is 8.47. The molecule has 4 rings (SSSR count). The van der Waals surface area contributed by atoms with Crippen molar-refractivity contribution in [1.29, 1.82) is 0 Å². The van der Waals surface area contributed by atoms with Crippen LogP contribution in [0.4, 0.5) is 0 Å². The number of pyridine rings is 1. The smallest absolute Gasteiger partial charge is 0.209 e. The molecule has 0 unspecified atom stereocenters. The first kappa shape index (κ1) is 17.9. The van der Waals surface area contributed by atoms with Gasteiger partial charge in [0.05, 0.1) is 22.6 Å². The van der Waals surface area contributed by atoms with Crippen LogP contribution in [0.3, 0.4) is 0 Å². The molecule has 0 aliphatic rings. The maximum atomic E-state index is 13.0. The van der Waals surface area contributed by atoms with Crippen LogP contribution in [0.25, 0.3) is 11.0 Å². The van der Waals surface area contributed by atoms with Crippen LogP contribution in [0, 0.1) is 0 Å². The van der Waals surface area contributed by atoms with Crippen molar-refractivity contribution in [2.75, 3.05) is 7.11 Å². The number of nitrogens with one attached hydrogen (secondary N) is 1. The molecule has 28 heavy (non-hydrogen) atoms. The topological polar surface area (TPSA) is 89.1 Å². The average Bonchev–Trinajstić information content (AvgIpc) is 3.18. The number of H-pyrrole nitrogens is 1. The van der Waals surface area contributed by atoms with E-state index in [1.54, 1.807) is 42.5 Å². The van der Waals surface area contributed by atoms with E-state index in [0.717, 1.165) is 0 Å². The Kier molecular flexibility index (Phi) is 4.44. The Bertz CT molecular complexity index is 1280. The van der Waals surface area contributed by atoms with Crippen molar-refractivity contribution in [2.24, 2.45) is 0 Å². The van der Waals surface area contributed by atoms with Gasteiger partial charge in [-0.05, 0) is 36.4 Å². The fourth-order valence-electron chi connectivity index (χ4n) is 3.01. The molecule has 0 aliphatic carbocycles. The summed E-state index contributed by atoms with van der Waals surface area (Å²) in [5.74, 6) is 0.285. The fraction of sp³-hybridized carbons (Fsp3) is 0.0476. The van der Waals surface area contributed by atoms with E-state index >= 15 is 0 Å². The standard InChI is InChI=1S/C21H16N2O4S/c1-27-15-7-5-6-14(12-15)20(24)18-13-17-19(10-11-22-21(17)23-18)28(25,26)16-8-3-2-4-9-16/h2-13H,1H3,(H,22,23). The SMILES string of the molecule is COc1cccc(C(=O)c2cc3c(S(=O)(=O)c4ccccc4)ccnc3[nH]2)c1. The van der Waals surface area contributed by atoms with Crippen LogP contribution in [-0.2, 0) is 9.84 Å². The minimum atomic E-state index is -3.74. The van der Waals surface area contributed by atoms with Crippen LogP contribution < -0.4 is 4.74 Å². The third-order valence-electron chi connectivity index (χ3n) is 4.41. The molecule has 1 N–H and O–H groups in total. The highest BCUT2D eigenvalue weighted by Gasteiger charge is 2.23. The van der Waals surface area contributed by atoms with Crippen molar-refractivity contribution in [3.8, 4) is 5.75 Å². The van der Waals surface area contributed by atoms with Crippen molar-refractivity contribution in [2.45, 2.75) is 9.79 Å². The van der Waals surface area contributed by atoms with E-state index in [1.165, 1.54) is 37.6 Å². The molecule has 0 radical (unpaired) electrons. The summed E-state index contributed by atoms with van der Waals surface area (Å²) in [6.07, 6.45) is 1.41. The van der Waals surface area contributed by atoms with E-state index in [2.05, 4.69) is 9.97 Å². The molecule has 0 amide bonds. The second-order valence-corrected chi connectivity index (χ2v) is 8.05. The number of methoxy groups -OCH3 is 1. The van der Waals surface area contributed by atoms with E-state index < -0.39 is 9.84 Å². The van der Waals surface area contributed by atoms with Gasteiger partial charge in [0.25, 0.3) is 0 Å². The minimum absolute atomic E-state index is 0.102. The predicted octanol–water partition coefficient (Wildman–Crippen LogP) is 3.64. The molecule has 0 atom stereocenters. The average molecular weight is 392 g/mol. The number of ether oxygens (including phenoxy) is 1. The summed E-state index contributed by atoms with van der Waals surface area (Å²) in [5.41, 5.74) is 1.02. The maximum absolute atomic E-state index is 13.0. The number of ketones is 1. The summed E-state index contributed by atoms with van der Waals surface area (Å²) in [6, 6.07) is 17.9. The summed E-state index contributed by atoms with van der Waals surface area (Å²) < 4.78 is 31.2. The van der Waals surface area contributed by atoms with Gasteiger partial charge in [-0.1, -0.05) is 30.3 Å². The van der Waals surface area contributed by atoms with Crippen LogP contribution in [-0.4, -0.2) is 31.3 Å². The normalized spacial score (nSPS) is 11.5. The zero-order valence-electron chi connectivity index (χ0n) is 14.9. The lowest BCUT2D eigenvalue weighted by Crippen LogP contribution is -2.02. The molecule has 2 aromatic heterocycles. The summed E-state index contributed by atoms with van der Waals surface area (Å²) in [5, 5.41) is 0.373. The van der Waals surface area contributed by atoms with Gasteiger partial charge in [-0.2, -0.15) is 0 Å². The van der Waals surface area contributed by atoms with Crippen LogP contribution in [0.2, 0.25) is 0 Å². The number of carbonyl (C=O) groups excluding carboxylic acids is 1. The second kappa shape index (κ2) is 6.94. The number of nitrogens with zero attached hydrogens (tertiary/aromatic N) is 1. The van der Waals surface area contributed by atoms with Gasteiger partial charge in [0.1, 0.15) is 11.4 Å². The lowest BCUT2D eigenvalue weighted by molar-refractivity contribution is 0.103. The van der Waals surface area contributed by atoms with Crippen LogP contribution in [0.15, 0.2) is 82.7 Å². The van der Waals surface area contributed by atoms with E-state index in [1.807, 2.05) is 0 Å². The Morgan fingerprint density at radius 1 is 1.00 bits per heavy atom. The van der Waals surface area contributed by atoms with Gasteiger partial charge in [-0.3, -0.25) is 4.79 Å². The number of sulfone groups is 1. The minimum Gasteiger partial charge on any atom is -0.497 e. The van der Waals surface area contributed by atoms with Gasteiger partial charge in [-0.15, -0.1) is 0 Å². The highest BCUT2D eigenvalue weighted by atomic mass is 32.2. The largest absolute Gasteiger partial charge is 0.497 e. The van der Waals surface area contributed by atoms with Gasteiger partial charge in [0.15, 0.2) is 0 Å². The van der Waals surface area contributed by atoms with Gasteiger partial charge >= 0.3 is 0 Å². The lowest BCUT2D eigenvalue weighted by atomic mass is 10.1. The fourth-order valence-corrected chi connectivity index (χ4v) is 4.46. The molecule has 6 nitrogen and oxygen atoms in total. The Labute approximate surface area is 161 Å². The molecule has 2 heterocycles. The number of carbonyl (C=O) groups is 1. The molecule has 0 fully saturated rings. The molecular formula is C21H16N2O4S. The molecule has 0 saturated carbocycles. The van der Waals surface area contributed by atoms with Crippen molar-refractivity contribution < 1.29 is 17.9 Å². The number of aromatic nitrogens is 2. The van der Waals surface area contributed by atoms with Crippen molar-refractivity contribution in [3.05, 3.63) is 84.2 Å². The quantitative estimate of drug-likeness (QED) is 0.524. The Morgan fingerprint density at radius 3 is 2.54 bits per heavy atom. The Morgan fingerprint density at radius 2 is 1.79 bits per heavy atom. The first-order valence-corrected chi connectivity index (χ1v) is 9.95. The van der Waals surface area contributed by atoms with Crippen molar-refractivity contribution >= 4 is 26.7 Å². The molecule has 7 heteroatoms. The first-order chi connectivity index (χ1) is 13.5.